The molecule has 0 spiro atoms. The minimum atomic E-state index is -0.286. The molecule has 4 aromatic rings. The molecule has 2 aromatic heterocycles. The zero-order valence-electron chi connectivity index (χ0n) is 15.6. The Bertz CT molecular complexity index is 1190. The minimum absolute atomic E-state index is 0.204. The summed E-state index contributed by atoms with van der Waals surface area (Å²) in [4.78, 5) is 4.84. The molecule has 7 nitrogen and oxygen atoms in total. The summed E-state index contributed by atoms with van der Waals surface area (Å²) in [5.74, 6) is 1.10. The van der Waals surface area contributed by atoms with Crippen LogP contribution in [0.3, 0.4) is 0 Å². The lowest BCUT2D eigenvalue weighted by Gasteiger charge is -2.12. The molecule has 0 atom stereocenters. The lowest BCUT2D eigenvalue weighted by atomic mass is 10.0. The fourth-order valence-corrected chi connectivity index (χ4v) is 3.33. The van der Waals surface area contributed by atoms with Crippen LogP contribution in [0.5, 0.6) is 11.5 Å². The first-order valence-corrected chi connectivity index (χ1v) is 9.15. The highest BCUT2D eigenvalue weighted by molar-refractivity contribution is 5.86. The fourth-order valence-electron chi connectivity index (χ4n) is 3.33. The molecule has 0 saturated heterocycles. The Morgan fingerprint density at radius 2 is 1.79 bits per heavy atom. The number of hydrogen-bond donors (Lipinski definition) is 1. The zero-order valence-corrected chi connectivity index (χ0v) is 15.6. The van der Waals surface area contributed by atoms with Crippen LogP contribution in [-0.4, -0.2) is 22.1 Å². The summed E-state index contributed by atoms with van der Waals surface area (Å²) in [5.41, 5.74) is 4.87. The van der Waals surface area contributed by atoms with Gasteiger partial charge in [-0.3, -0.25) is 0 Å². The van der Waals surface area contributed by atoms with Crippen LogP contribution >= 0.6 is 0 Å². The SMILES string of the molecule is Cc1nonc1CNCc1cc2cc3c(cc2nc1-c1ccc(F)cc1)OCO3. The molecule has 1 N–H and O–H groups in total. The molecule has 2 aromatic carbocycles. The minimum Gasteiger partial charge on any atom is -0.454 e. The molecule has 8 heteroatoms. The van der Waals surface area contributed by atoms with Crippen LogP contribution in [0.1, 0.15) is 17.0 Å². The van der Waals surface area contributed by atoms with E-state index in [-0.39, 0.29) is 12.6 Å². The van der Waals surface area contributed by atoms with E-state index in [1.54, 1.807) is 12.1 Å². The van der Waals surface area contributed by atoms with Gasteiger partial charge in [0.1, 0.15) is 17.2 Å². The number of rotatable bonds is 5. The van der Waals surface area contributed by atoms with Crippen LogP contribution in [0.25, 0.3) is 22.2 Å². The standard InChI is InChI=1S/C21H17FN4O3/c1-12-18(26-29-25-12)10-23-9-15-6-14-7-19-20(28-11-27-19)8-17(14)24-21(15)13-2-4-16(22)5-3-13/h2-8,23H,9-11H2,1H3. The molecule has 0 fully saturated rings. The molecule has 146 valence electrons. The molecular formula is C21H17FN4O3. The van der Waals surface area contributed by atoms with Crippen molar-refractivity contribution in [3.05, 3.63) is 65.2 Å². The second-order valence-corrected chi connectivity index (χ2v) is 6.80. The molecule has 29 heavy (non-hydrogen) atoms. The van der Waals surface area contributed by atoms with Gasteiger partial charge in [-0.25, -0.2) is 14.0 Å². The molecule has 3 heterocycles. The number of halogens is 1. The van der Waals surface area contributed by atoms with Crippen LogP contribution < -0.4 is 14.8 Å². The van der Waals surface area contributed by atoms with E-state index in [2.05, 4.69) is 21.7 Å². The highest BCUT2D eigenvalue weighted by atomic mass is 19.1. The van der Waals surface area contributed by atoms with Crippen LogP contribution in [0.4, 0.5) is 4.39 Å². The number of aromatic nitrogens is 3. The largest absolute Gasteiger partial charge is 0.454 e. The summed E-state index contributed by atoms with van der Waals surface area (Å²) in [6.45, 7) is 3.10. The van der Waals surface area contributed by atoms with Gasteiger partial charge in [-0.15, -0.1) is 0 Å². The Labute approximate surface area is 165 Å². The molecule has 0 radical (unpaired) electrons. The number of benzene rings is 2. The predicted molar refractivity (Wildman–Crippen MR) is 103 cm³/mol. The third-order valence-electron chi connectivity index (χ3n) is 4.86. The van der Waals surface area contributed by atoms with Gasteiger partial charge in [-0.1, -0.05) is 10.3 Å². The molecule has 0 bridgehead atoms. The van der Waals surface area contributed by atoms with Gasteiger partial charge < -0.3 is 14.8 Å². The summed E-state index contributed by atoms with van der Waals surface area (Å²) in [6, 6.07) is 12.2. The summed E-state index contributed by atoms with van der Waals surface area (Å²) >= 11 is 0. The van der Waals surface area contributed by atoms with Crippen molar-refractivity contribution < 1.29 is 18.5 Å². The quantitative estimate of drug-likeness (QED) is 0.554. The Morgan fingerprint density at radius 1 is 1.00 bits per heavy atom. The van der Waals surface area contributed by atoms with E-state index < -0.39 is 0 Å². The average Bonchev–Trinajstić information content (AvgIpc) is 3.35. The monoisotopic (exact) mass is 392 g/mol. The van der Waals surface area contributed by atoms with Gasteiger partial charge in [0.2, 0.25) is 6.79 Å². The normalized spacial score (nSPS) is 12.6. The fraction of sp³-hybridized carbons (Fsp3) is 0.190. The van der Waals surface area contributed by atoms with Crippen molar-refractivity contribution in [2.24, 2.45) is 0 Å². The van der Waals surface area contributed by atoms with Gasteiger partial charge >= 0.3 is 0 Å². The predicted octanol–water partition coefficient (Wildman–Crippen LogP) is 3.75. The second-order valence-electron chi connectivity index (χ2n) is 6.80. The van der Waals surface area contributed by atoms with E-state index in [9.17, 15) is 4.39 Å². The van der Waals surface area contributed by atoms with Crippen LogP contribution in [0.15, 0.2) is 47.1 Å². The molecule has 0 aliphatic carbocycles. The number of pyridine rings is 1. The van der Waals surface area contributed by atoms with Crippen LogP contribution in [0.2, 0.25) is 0 Å². The van der Waals surface area contributed by atoms with E-state index in [0.29, 0.717) is 24.6 Å². The Morgan fingerprint density at radius 3 is 2.55 bits per heavy atom. The lowest BCUT2D eigenvalue weighted by molar-refractivity contribution is 0.174. The maximum Gasteiger partial charge on any atom is 0.231 e. The summed E-state index contributed by atoms with van der Waals surface area (Å²) < 4.78 is 29.1. The topological polar surface area (TPSA) is 82.3 Å². The van der Waals surface area contributed by atoms with Crippen molar-refractivity contribution >= 4 is 10.9 Å². The van der Waals surface area contributed by atoms with E-state index in [1.807, 2.05) is 19.1 Å². The van der Waals surface area contributed by atoms with Crippen molar-refractivity contribution in [1.82, 2.24) is 20.6 Å². The summed E-state index contributed by atoms with van der Waals surface area (Å²) in [5, 5.41) is 12.0. The number of hydrogen-bond acceptors (Lipinski definition) is 7. The maximum atomic E-state index is 13.4. The zero-order chi connectivity index (χ0) is 19.8. The van der Waals surface area contributed by atoms with Crippen molar-refractivity contribution in [2.75, 3.05) is 6.79 Å². The van der Waals surface area contributed by atoms with Gasteiger partial charge in [0, 0.05) is 30.1 Å². The smallest absolute Gasteiger partial charge is 0.231 e. The van der Waals surface area contributed by atoms with Gasteiger partial charge in [0.15, 0.2) is 11.5 Å². The van der Waals surface area contributed by atoms with Crippen molar-refractivity contribution in [3.63, 3.8) is 0 Å². The first kappa shape index (κ1) is 17.6. The summed E-state index contributed by atoms with van der Waals surface area (Å²) in [7, 11) is 0. The van der Waals surface area contributed by atoms with Gasteiger partial charge in [0.05, 0.1) is 11.2 Å². The number of ether oxygens (including phenoxy) is 2. The van der Waals surface area contributed by atoms with Gasteiger partial charge in [-0.2, -0.15) is 0 Å². The summed E-state index contributed by atoms with van der Waals surface area (Å²) in [6.07, 6.45) is 0. The van der Waals surface area contributed by atoms with Gasteiger partial charge in [0.25, 0.3) is 0 Å². The molecule has 1 aliphatic heterocycles. The van der Waals surface area contributed by atoms with Crippen LogP contribution in [-0.2, 0) is 13.1 Å². The van der Waals surface area contributed by atoms with Crippen molar-refractivity contribution in [3.8, 4) is 22.8 Å². The molecule has 5 rings (SSSR count). The maximum absolute atomic E-state index is 13.4. The molecule has 0 unspecified atom stereocenters. The Balaban J connectivity index is 1.53. The highest BCUT2D eigenvalue weighted by Gasteiger charge is 2.17. The highest BCUT2D eigenvalue weighted by Crippen LogP contribution is 2.37. The third kappa shape index (κ3) is 3.38. The third-order valence-corrected chi connectivity index (χ3v) is 4.86. The Hall–Kier alpha value is -3.52. The molecule has 0 amide bonds. The van der Waals surface area contributed by atoms with E-state index in [1.165, 1.54) is 12.1 Å². The molecule has 1 aliphatic rings. The molecule has 0 saturated carbocycles. The second kappa shape index (κ2) is 7.14. The van der Waals surface area contributed by atoms with E-state index in [0.717, 1.165) is 39.1 Å². The number of nitrogens with one attached hydrogen (secondary N) is 1. The number of aryl methyl sites for hydroxylation is 1. The average molecular weight is 392 g/mol. The van der Waals surface area contributed by atoms with Crippen molar-refractivity contribution in [2.45, 2.75) is 20.0 Å². The number of nitrogens with zero attached hydrogens (tertiary/aromatic N) is 3. The first-order valence-electron chi connectivity index (χ1n) is 9.15. The number of fused-ring (bicyclic) bond motifs is 2. The van der Waals surface area contributed by atoms with Gasteiger partial charge in [-0.05, 0) is 48.9 Å². The van der Waals surface area contributed by atoms with E-state index in [4.69, 9.17) is 19.1 Å². The van der Waals surface area contributed by atoms with Crippen molar-refractivity contribution in [1.29, 1.82) is 0 Å². The van der Waals surface area contributed by atoms with E-state index >= 15 is 0 Å². The van der Waals surface area contributed by atoms with Crippen LogP contribution in [0, 0.1) is 12.7 Å². The first-order chi connectivity index (χ1) is 14.2. The Kier molecular flexibility index (Phi) is 4.33. The lowest BCUT2D eigenvalue weighted by Crippen LogP contribution is -2.15. The molecular weight excluding hydrogens is 375 g/mol.